The minimum absolute atomic E-state index is 0.0178. The third-order valence-electron chi connectivity index (χ3n) is 3.39. The highest BCUT2D eigenvalue weighted by Gasteiger charge is 2.29. The first-order valence-electron chi connectivity index (χ1n) is 7.60. The number of nitrogens with one attached hydrogen (secondary N) is 1. The number of hydrogen-bond donors (Lipinski definition) is 1. The van der Waals surface area contributed by atoms with Crippen molar-refractivity contribution >= 4 is 23.2 Å². The van der Waals surface area contributed by atoms with Gasteiger partial charge in [-0.15, -0.1) is 0 Å². The van der Waals surface area contributed by atoms with Gasteiger partial charge in [-0.05, 0) is 31.2 Å². The molecule has 0 atom stereocenters. The fourth-order valence-electron chi connectivity index (χ4n) is 2.30. The van der Waals surface area contributed by atoms with Gasteiger partial charge in [0.25, 0.3) is 0 Å². The van der Waals surface area contributed by atoms with E-state index in [-0.39, 0.29) is 22.9 Å². The summed E-state index contributed by atoms with van der Waals surface area (Å²) in [5, 5.41) is 2.79. The van der Waals surface area contributed by atoms with Crippen LogP contribution < -0.4 is 14.8 Å². The summed E-state index contributed by atoms with van der Waals surface area (Å²) >= 11 is 5.87. The van der Waals surface area contributed by atoms with Crippen LogP contribution in [-0.2, 0) is 11.2 Å². The lowest BCUT2D eigenvalue weighted by Crippen LogP contribution is -2.21. The van der Waals surface area contributed by atoms with Crippen LogP contribution in [0.5, 0.6) is 11.5 Å². The monoisotopic (exact) mass is 387 g/mol. The van der Waals surface area contributed by atoms with Crippen LogP contribution in [0.3, 0.4) is 0 Å². The average molecular weight is 388 g/mol. The van der Waals surface area contributed by atoms with Crippen molar-refractivity contribution in [2.24, 2.45) is 0 Å². The normalized spacial score (nSPS) is 11.2. The lowest BCUT2D eigenvalue weighted by Gasteiger charge is -2.15. The molecule has 1 amide bonds. The molecule has 0 aliphatic carbocycles. The quantitative estimate of drug-likeness (QED) is 0.776. The second-order valence-electron chi connectivity index (χ2n) is 5.58. The Balaban J connectivity index is 2.16. The maximum Gasteiger partial charge on any atom is 0.422 e. The van der Waals surface area contributed by atoms with Crippen LogP contribution in [0.15, 0.2) is 36.4 Å². The topological polar surface area (TPSA) is 47.6 Å². The summed E-state index contributed by atoms with van der Waals surface area (Å²) in [6.45, 7) is 0.407. The standard InChI is InChI=1S/C18H17ClF3NO3/c1-11-3-5-15(25-2)12(7-11)8-17(24)23-14-9-13(19)4-6-16(14)26-10-18(20,21)22/h3-7,9H,8,10H2,1-2H3,(H,23,24). The van der Waals surface area contributed by atoms with E-state index in [1.807, 2.05) is 13.0 Å². The molecule has 0 unspecified atom stereocenters. The van der Waals surface area contributed by atoms with Crippen molar-refractivity contribution in [3.8, 4) is 11.5 Å². The molecule has 0 spiro atoms. The second-order valence-corrected chi connectivity index (χ2v) is 6.02. The van der Waals surface area contributed by atoms with E-state index in [9.17, 15) is 18.0 Å². The fraction of sp³-hybridized carbons (Fsp3) is 0.278. The molecule has 0 aliphatic heterocycles. The molecule has 4 nitrogen and oxygen atoms in total. The van der Waals surface area contributed by atoms with E-state index in [1.165, 1.54) is 25.3 Å². The van der Waals surface area contributed by atoms with Gasteiger partial charge in [0.1, 0.15) is 11.5 Å². The number of hydrogen-bond acceptors (Lipinski definition) is 3. The molecule has 0 aliphatic rings. The Hall–Kier alpha value is -2.41. The minimum atomic E-state index is -4.49. The molecule has 140 valence electrons. The number of methoxy groups -OCH3 is 1. The highest BCUT2D eigenvalue weighted by atomic mass is 35.5. The SMILES string of the molecule is COc1ccc(C)cc1CC(=O)Nc1cc(Cl)ccc1OCC(F)(F)F. The lowest BCUT2D eigenvalue weighted by molar-refractivity contribution is -0.153. The van der Waals surface area contributed by atoms with Crippen LogP contribution in [-0.4, -0.2) is 25.8 Å². The van der Waals surface area contributed by atoms with Gasteiger partial charge in [0, 0.05) is 10.6 Å². The first-order chi connectivity index (χ1) is 12.2. The molecule has 0 saturated carbocycles. The molecule has 0 heterocycles. The number of carbonyl (C=O) groups excluding carboxylic acids is 1. The van der Waals surface area contributed by atoms with E-state index in [1.54, 1.807) is 12.1 Å². The van der Waals surface area contributed by atoms with Crippen molar-refractivity contribution < 1.29 is 27.4 Å². The number of amides is 1. The molecule has 0 radical (unpaired) electrons. The number of anilines is 1. The number of rotatable bonds is 6. The summed E-state index contributed by atoms with van der Waals surface area (Å²) in [7, 11) is 1.49. The Morgan fingerprint density at radius 1 is 1.15 bits per heavy atom. The third kappa shape index (κ3) is 5.84. The Morgan fingerprint density at radius 3 is 2.50 bits per heavy atom. The molecule has 26 heavy (non-hydrogen) atoms. The highest BCUT2D eigenvalue weighted by Crippen LogP contribution is 2.30. The minimum Gasteiger partial charge on any atom is -0.496 e. The molecule has 2 rings (SSSR count). The van der Waals surface area contributed by atoms with Crippen molar-refractivity contribution in [2.45, 2.75) is 19.5 Å². The van der Waals surface area contributed by atoms with Gasteiger partial charge in [0.15, 0.2) is 6.61 Å². The van der Waals surface area contributed by atoms with Gasteiger partial charge in [-0.3, -0.25) is 4.79 Å². The van der Waals surface area contributed by atoms with Crippen molar-refractivity contribution in [1.82, 2.24) is 0 Å². The molecule has 2 aromatic rings. The number of aryl methyl sites for hydroxylation is 1. The number of carbonyl (C=O) groups is 1. The zero-order valence-corrected chi connectivity index (χ0v) is 14.9. The number of alkyl halides is 3. The van der Waals surface area contributed by atoms with Crippen molar-refractivity contribution in [2.75, 3.05) is 19.0 Å². The largest absolute Gasteiger partial charge is 0.496 e. The van der Waals surface area contributed by atoms with E-state index in [0.29, 0.717) is 11.3 Å². The molecule has 0 saturated heterocycles. The fourth-order valence-corrected chi connectivity index (χ4v) is 2.47. The van der Waals surface area contributed by atoms with Crippen molar-refractivity contribution in [3.63, 3.8) is 0 Å². The van der Waals surface area contributed by atoms with E-state index in [0.717, 1.165) is 5.56 Å². The Morgan fingerprint density at radius 2 is 1.85 bits per heavy atom. The van der Waals surface area contributed by atoms with E-state index < -0.39 is 18.7 Å². The summed E-state index contributed by atoms with van der Waals surface area (Å²) in [6.07, 6.45) is -4.51. The van der Waals surface area contributed by atoms with Crippen molar-refractivity contribution in [3.05, 3.63) is 52.5 Å². The predicted molar refractivity (Wildman–Crippen MR) is 93.1 cm³/mol. The van der Waals surface area contributed by atoms with E-state index >= 15 is 0 Å². The summed E-state index contributed by atoms with van der Waals surface area (Å²) in [4.78, 5) is 12.3. The van der Waals surface area contributed by atoms with Gasteiger partial charge in [-0.1, -0.05) is 29.3 Å². The summed E-state index contributed by atoms with van der Waals surface area (Å²) in [5.41, 5.74) is 1.67. The van der Waals surface area contributed by atoms with Crippen LogP contribution >= 0.6 is 11.6 Å². The number of ether oxygens (including phenoxy) is 2. The molecule has 1 N–H and O–H groups in total. The molecule has 0 fully saturated rings. The Labute approximate surface area is 153 Å². The number of halogens is 4. The van der Waals surface area contributed by atoms with E-state index in [2.05, 4.69) is 5.32 Å². The third-order valence-corrected chi connectivity index (χ3v) is 3.63. The number of benzene rings is 2. The molecule has 8 heteroatoms. The van der Waals surface area contributed by atoms with E-state index in [4.69, 9.17) is 21.1 Å². The van der Waals surface area contributed by atoms with Gasteiger partial charge in [0.2, 0.25) is 5.91 Å². The molecule has 2 aromatic carbocycles. The van der Waals surface area contributed by atoms with Crippen molar-refractivity contribution in [1.29, 1.82) is 0 Å². The van der Waals surface area contributed by atoms with Gasteiger partial charge in [-0.2, -0.15) is 13.2 Å². The first-order valence-corrected chi connectivity index (χ1v) is 7.98. The van der Waals surface area contributed by atoms with Crippen LogP contribution in [0, 0.1) is 6.92 Å². The average Bonchev–Trinajstić information content (AvgIpc) is 2.53. The summed E-state index contributed by atoms with van der Waals surface area (Å²) in [5.74, 6) is -0.00491. The molecule has 0 bridgehead atoms. The van der Waals surface area contributed by atoms with Gasteiger partial charge >= 0.3 is 6.18 Å². The predicted octanol–water partition coefficient (Wildman–Crippen LogP) is 4.78. The lowest BCUT2D eigenvalue weighted by atomic mass is 10.1. The van der Waals surface area contributed by atoms with Crippen LogP contribution in [0.25, 0.3) is 0 Å². The molecular formula is C18H17ClF3NO3. The summed E-state index contributed by atoms with van der Waals surface area (Å²) < 4.78 is 47.1. The smallest absolute Gasteiger partial charge is 0.422 e. The second kappa shape index (κ2) is 8.31. The maximum atomic E-state index is 12.4. The van der Waals surface area contributed by atoms with Gasteiger partial charge in [-0.25, -0.2) is 0 Å². The zero-order valence-electron chi connectivity index (χ0n) is 14.1. The highest BCUT2D eigenvalue weighted by molar-refractivity contribution is 6.31. The summed E-state index contributed by atoms with van der Waals surface area (Å²) in [6, 6.07) is 9.38. The Bertz CT molecular complexity index is 794. The zero-order chi connectivity index (χ0) is 19.3. The maximum absolute atomic E-state index is 12.4. The molecule has 0 aromatic heterocycles. The van der Waals surface area contributed by atoms with Crippen LogP contribution in [0.1, 0.15) is 11.1 Å². The van der Waals surface area contributed by atoms with Crippen LogP contribution in [0.4, 0.5) is 18.9 Å². The van der Waals surface area contributed by atoms with Crippen LogP contribution in [0.2, 0.25) is 5.02 Å². The first kappa shape index (κ1) is 19.9. The molecular weight excluding hydrogens is 371 g/mol. The van der Waals surface area contributed by atoms with Gasteiger partial charge < -0.3 is 14.8 Å². The van der Waals surface area contributed by atoms with Gasteiger partial charge in [0.05, 0.1) is 19.2 Å². The Kier molecular flexibility index (Phi) is 6.37.